The first-order valence-electron chi connectivity index (χ1n) is 8.52. The largest absolute Gasteiger partial charge is 0.493 e. The van der Waals surface area contributed by atoms with E-state index >= 15 is 0 Å². The second kappa shape index (κ2) is 10.0. The summed E-state index contributed by atoms with van der Waals surface area (Å²) in [7, 11) is 1.52. The normalized spacial score (nSPS) is 11.7. The van der Waals surface area contributed by atoms with Gasteiger partial charge in [0.05, 0.1) is 7.11 Å². The van der Waals surface area contributed by atoms with Crippen molar-refractivity contribution in [2.45, 2.75) is 20.0 Å². The molecule has 1 N–H and O–H groups in total. The number of carbonyl (C=O) groups excluding carboxylic acids is 2. The SMILES string of the molecule is C/C=C/c1ccc(OCC(=O)O[C@H](C)C(=O)Nc2ccccc2)c(OC)c1. The van der Waals surface area contributed by atoms with Crippen molar-refractivity contribution in [3.05, 3.63) is 60.2 Å². The fourth-order valence-electron chi connectivity index (χ4n) is 2.29. The number of nitrogens with one attached hydrogen (secondary N) is 1. The molecule has 1 amide bonds. The maximum Gasteiger partial charge on any atom is 0.344 e. The fraction of sp³-hybridized carbons (Fsp3) is 0.238. The van der Waals surface area contributed by atoms with Crippen LogP contribution < -0.4 is 14.8 Å². The van der Waals surface area contributed by atoms with Gasteiger partial charge in [-0.2, -0.15) is 0 Å². The van der Waals surface area contributed by atoms with Crippen molar-refractivity contribution < 1.29 is 23.8 Å². The molecule has 0 bridgehead atoms. The third kappa shape index (κ3) is 6.18. The molecule has 0 saturated heterocycles. The van der Waals surface area contributed by atoms with E-state index in [0.29, 0.717) is 17.2 Å². The van der Waals surface area contributed by atoms with Gasteiger partial charge in [-0.3, -0.25) is 4.79 Å². The molecule has 0 radical (unpaired) electrons. The van der Waals surface area contributed by atoms with Gasteiger partial charge in [0.15, 0.2) is 24.2 Å². The minimum absolute atomic E-state index is 0.331. The molecule has 6 heteroatoms. The average molecular weight is 369 g/mol. The summed E-state index contributed by atoms with van der Waals surface area (Å²) in [4.78, 5) is 24.0. The van der Waals surface area contributed by atoms with Crippen molar-refractivity contribution >= 4 is 23.6 Å². The number of hydrogen-bond donors (Lipinski definition) is 1. The standard InChI is InChI=1S/C21H23NO5/c1-4-8-16-11-12-18(19(13-16)25-3)26-14-20(23)27-15(2)21(24)22-17-9-6-5-7-10-17/h4-13,15H,14H2,1-3H3,(H,22,24)/b8-4+/t15-/m1/s1. The van der Waals surface area contributed by atoms with Crippen LogP contribution in [0.3, 0.4) is 0 Å². The highest BCUT2D eigenvalue weighted by molar-refractivity contribution is 5.95. The second-order valence-electron chi connectivity index (χ2n) is 5.69. The van der Waals surface area contributed by atoms with Gasteiger partial charge in [0.1, 0.15) is 0 Å². The van der Waals surface area contributed by atoms with Crippen LogP contribution in [-0.2, 0) is 14.3 Å². The number of para-hydroxylation sites is 1. The number of allylic oxidation sites excluding steroid dienone is 1. The monoisotopic (exact) mass is 369 g/mol. The lowest BCUT2D eigenvalue weighted by Crippen LogP contribution is -2.31. The summed E-state index contributed by atoms with van der Waals surface area (Å²) in [5, 5.41) is 2.67. The number of methoxy groups -OCH3 is 1. The molecule has 0 heterocycles. The molecular weight excluding hydrogens is 346 g/mol. The Kier molecular flexibility index (Phi) is 7.43. The molecule has 0 saturated carbocycles. The lowest BCUT2D eigenvalue weighted by atomic mass is 10.2. The highest BCUT2D eigenvalue weighted by Gasteiger charge is 2.18. The first-order chi connectivity index (χ1) is 13.0. The molecule has 142 valence electrons. The minimum atomic E-state index is -0.944. The zero-order chi connectivity index (χ0) is 19.6. The molecule has 2 aromatic rings. The third-order valence-electron chi connectivity index (χ3n) is 3.61. The van der Waals surface area contributed by atoms with E-state index in [1.165, 1.54) is 14.0 Å². The van der Waals surface area contributed by atoms with Crippen molar-refractivity contribution in [3.8, 4) is 11.5 Å². The van der Waals surface area contributed by atoms with Crippen LogP contribution in [0.4, 0.5) is 5.69 Å². The Morgan fingerprint density at radius 2 is 1.85 bits per heavy atom. The molecule has 0 spiro atoms. The van der Waals surface area contributed by atoms with Gasteiger partial charge in [-0.1, -0.05) is 36.4 Å². The van der Waals surface area contributed by atoms with Crippen LogP contribution in [0.15, 0.2) is 54.6 Å². The molecule has 0 aliphatic rings. The second-order valence-corrected chi connectivity index (χ2v) is 5.69. The number of rotatable bonds is 8. The quantitative estimate of drug-likeness (QED) is 0.719. The third-order valence-corrected chi connectivity index (χ3v) is 3.61. The van der Waals surface area contributed by atoms with Crippen molar-refractivity contribution in [3.63, 3.8) is 0 Å². The van der Waals surface area contributed by atoms with Crippen LogP contribution in [0.1, 0.15) is 19.4 Å². The summed E-state index contributed by atoms with van der Waals surface area (Å²) in [6.45, 7) is 3.09. The van der Waals surface area contributed by atoms with E-state index in [2.05, 4.69) is 5.32 Å². The number of amides is 1. The first kappa shape index (κ1) is 20.0. The number of esters is 1. The van der Waals surface area contributed by atoms with E-state index in [1.807, 2.05) is 31.2 Å². The molecule has 0 aliphatic heterocycles. The predicted octanol–water partition coefficient (Wildman–Crippen LogP) is 3.68. The van der Waals surface area contributed by atoms with E-state index in [1.54, 1.807) is 36.4 Å². The zero-order valence-electron chi connectivity index (χ0n) is 15.6. The fourth-order valence-corrected chi connectivity index (χ4v) is 2.29. The van der Waals surface area contributed by atoms with Gasteiger partial charge >= 0.3 is 5.97 Å². The Hall–Kier alpha value is -3.28. The molecule has 0 aliphatic carbocycles. The van der Waals surface area contributed by atoms with E-state index in [4.69, 9.17) is 14.2 Å². The van der Waals surface area contributed by atoms with E-state index in [-0.39, 0.29) is 6.61 Å². The van der Waals surface area contributed by atoms with Gasteiger partial charge in [0.2, 0.25) is 0 Å². The van der Waals surface area contributed by atoms with Gasteiger partial charge in [-0.05, 0) is 43.7 Å². The highest BCUT2D eigenvalue weighted by atomic mass is 16.6. The number of hydrogen-bond acceptors (Lipinski definition) is 5. The molecule has 0 fully saturated rings. The van der Waals surface area contributed by atoms with Crippen molar-refractivity contribution in [2.75, 3.05) is 19.0 Å². The molecule has 27 heavy (non-hydrogen) atoms. The predicted molar refractivity (Wildman–Crippen MR) is 104 cm³/mol. The Labute approximate surface area is 158 Å². The van der Waals surface area contributed by atoms with E-state index in [9.17, 15) is 9.59 Å². The van der Waals surface area contributed by atoms with Gasteiger partial charge in [0, 0.05) is 5.69 Å². The highest BCUT2D eigenvalue weighted by Crippen LogP contribution is 2.28. The zero-order valence-corrected chi connectivity index (χ0v) is 15.6. The summed E-state index contributed by atoms with van der Waals surface area (Å²) >= 11 is 0. The van der Waals surface area contributed by atoms with Crippen LogP contribution in [0.2, 0.25) is 0 Å². The van der Waals surface area contributed by atoms with E-state index < -0.39 is 18.0 Å². The number of ether oxygens (including phenoxy) is 3. The topological polar surface area (TPSA) is 73.9 Å². The Morgan fingerprint density at radius 3 is 2.52 bits per heavy atom. The molecule has 2 rings (SSSR count). The number of carbonyl (C=O) groups is 2. The lowest BCUT2D eigenvalue weighted by Gasteiger charge is -2.15. The van der Waals surface area contributed by atoms with E-state index in [0.717, 1.165) is 5.56 Å². The number of anilines is 1. The Bertz CT molecular complexity index is 801. The summed E-state index contributed by atoms with van der Waals surface area (Å²) in [6, 6.07) is 14.3. The van der Waals surface area contributed by atoms with Gasteiger partial charge in [-0.25, -0.2) is 4.79 Å². The van der Waals surface area contributed by atoms with Gasteiger partial charge in [-0.15, -0.1) is 0 Å². The molecular formula is C21H23NO5. The lowest BCUT2D eigenvalue weighted by molar-refractivity contribution is -0.155. The minimum Gasteiger partial charge on any atom is -0.493 e. The van der Waals surface area contributed by atoms with Crippen molar-refractivity contribution in [1.29, 1.82) is 0 Å². The molecule has 1 atom stereocenters. The summed E-state index contributed by atoms with van der Waals surface area (Å²) < 4.78 is 15.9. The summed E-state index contributed by atoms with van der Waals surface area (Å²) in [5.41, 5.74) is 1.59. The van der Waals surface area contributed by atoms with Gasteiger partial charge in [0.25, 0.3) is 5.91 Å². The number of benzene rings is 2. The molecule has 6 nitrogen and oxygen atoms in total. The first-order valence-corrected chi connectivity index (χ1v) is 8.52. The molecule has 2 aromatic carbocycles. The Balaban J connectivity index is 1.87. The smallest absolute Gasteiger partial charge is 0.344 e. The van der Waals surface area contributed by atoms with Crippen LogP contribution >= 0.6 is 0 Å². The maximum atomic E-state index is 12.1. The van der Waals surface area contributed by atoms with Crippen LogP contribution in [-0.4, -0.2) is 31.7 Å². The molecule has 0 aromatic heterocycles. The van der Waals surface area contributed by atoms with Crippen LogP contribution in [0.5, 0.6) is 11.5 Å². The van der Waals surface area contributed by atoms with Crippen LogP contribution in [0, 0.1) is 0 Å². The van der Waals surface area contributed by atoms with Crippen molar-refractivity contribution in [2.24, 2.45) is 0 Å². The maximum absolute atomic E-state index is 12.1. The average Bonchev–Trinajstić information content (AvgIpc) is 2.67. The summed E-state index contributed by atoms with van der Waals surface area (Å²) in [5.74, 6) is -0.134. The van der Waals surface area contributed by atoms with Gasteiger partial charge < -0.3 is 19.5 Å². The Morgan fingerprint density at radius 1 is 1.11 bits per heavy atom. The summed E-state index contributed by atoms with van der Waals surface area (Å²) in [6.07, 6.45) is 2.89. The van der Waals surface area contributed by atoms with Crippen LogP contribution in [0.25, 0.3) is 6.08 Å². The van der Waals surface area contributed by atoms with Crippen molar-refractivity contribution in [1.82, 2.24) is 0 Å². The molecule has 0 unspecified atom stereocenters.